The first-order chi connectivity index (χ1) is 14.4. The highest BCUT2D eigenvalue weighted by Crippen LogP contribution is 2.36. The topological polar surface area (TPSA) is 42.2 Å². The van der Waals surface area contributed by atoms with Crippen molar-refractivity contribution in [2.45, 2.75) is 6.61 Å². The van der Waals surface area contributed by atoms with Gasteiger partial charge in [-0.05, 0) is 53.6 Å². The van der Waals surface area contributed by atoms with Gasteiger partial charge in [-0.1, -0.05) is 68.9 Å². The second-order valence-corrected chi connectivity index (χ2v) is 8.36. The third-order valence-electron chi connectivity index (χ3n) is 4.24. The quantitative estimate of drug-likeness (QED) is 0.242. The Bertz CT molecular complexity index is 1160. The van der Waals surface area contributed by atoms with Gasteiger partial charge in [0.2, 0.25) is 0 Å². The molecule has 0 aromatic heterocycles. The molecule has 0 fully saturated rings. The van der Waals surface area contributed by atoms with E-state index in [9.17, 15) is 5.26 Å². The first-order valence-electron chi connectivity index (χ1n) is 8.73. The van der Waals surface area contributed by atoms with Crippen molar-refractivity contribution in [1.29, 1.82) is 5.26 Å². The number of nitriles is 1. The van der Waals surface area contributed by atoms with Crippen molar-refractivity contribution in [1.82, 2.24) is 0 Å². The van der Waals surface area contributed by atoms with E-state index >= 15 is 0 Å². The molecule has 0 amide bonds. The van der Waals surface area contributed by atoms with Crippen molar-refractivity contribution in [2.24, 2.45) is 0 Å². The number of benzene rings is 3. The number of hydrogen-bond donors (Lipinski definition) is 0. The van der Waals surface area contributed by atoms with Gasteiger partial charge in [0.25, 0.3) is 0 Å². The van der Waals surface area contributed by atoms with E-state index in [2.05, 4.69) is 22.0 Å². The number of halogens is 4. The van der Waals surface area contributed by atoms with Gasteiger partial charge in [-0.2, -0.15) is 5.26 Å². The van der Waals surface area contributed by atoms with E-state index in [1.807, 2.05) is 12.1 Å². The van der Waals surface area contributed by atoms with Crippen molar-refractivity contribution in [3.63, 3.8) is 0 Å². The van der Waals surface area contributed by atoms with Gasteiger partial charge in [0.1, 0.15) is 6.61 Å². The molecule has 3 rings (SSSR count). The Labute approximate surface area is 198 Å². The number of hydrogen-bond acceptors (Lipinski definition) is 3. The van der Waals surface area contributed by atoms with Crippen molar-refractivity contribution in [3.8, 4) is 17.6 Å². The Balaban J connectivity index is 1.90. The smallest absolute Gasteiger partial charge is 0.162 e. The molecule has 0 heterocycles. The van der Waals surface area contributed by atoms with E-state index in [-0.39, 0.29) is 6.61 Å². The van der Waals surface area contributed by atoms with Crippen LogP contribution >= 0.6 is 50.7 Å². The summed E-state index contributed by atoms with van der Waals surface area (Å²) in [6.07, 6.45) is 1.76. The monoisotopic (exact) mass is 521 g/mol. The second kappa shape index (κ2) is 10.2. The molecule has 0 aliphatic carbocycles. The van der Waals surface area contributed by atoms with Gasteiger partial charge in [0.05, 0.1) is 18.8 Å². The summed E-state index contributed by atoms with van der Waals surface area (Å²) in [7, 11) is 1.56. The summed E-state index contributed by atoms with van der Waals surface area (Å²) in [5, 5.41) is 11.3. The average molecular weight is 524 g/mol. The highest BCUT2D eigenvalue weighted by Gasteiger charge is 2.12. The van der Waals surface area contributed by atoms with E-state index in [4.69, 9.17) is 44.3 Å². The third kappa shape index (κ3) is 5.50. The zero-order valence-corrected chi connectivity index (χ0v) is 19.6. The molecule has 0 saturated carbocycles. The maximum atomic E-state index is 9.60. The minimum atomic E-state index is 0.250. The molecular formula is C23H15BrCl3NO2. The maximum absolute atomic E-state index is 9.60. The van der Waals surface area contributed by atoms with Gasteiger partial charge in [-0.25, -0.2) is 0 Å². The van der Waals surface area contributed by atoms with Crippen LogP contribution in [0.2, 0.25) is 15.1 Å². The Morgan fingerprint density at radius 2 is 1.80 bits per heavy atom. The van der Waals surface area contributed by atoms with Crippen LogP contribution in [0, 0.1) is 11.3 Å². The van der Waals surface area contributed by atoms with E-state index in [0.29, 0.717) is 32.1 Å². The lowest BCUT2D eigenvalue weighted by atomic mass is 10.0. The van der Waals surface area contributed by atoms with Crippen LogP contribution in [0.1, 0.15) is 16.7 Å². The molecule has 0 bridgehead atoms. The summed E-state index contributed by atoms with van der Waals surface area (Å²) >= 11 is 21.8. The zero-order chi connectivity index (χ0) is 21.7. The molecule has 0 unspecified atom stereocenters. The Morgan fingerprint density at radius 3 is 2.47 bits per heavy atom. The molecule has 152 valence electrons. The van der Waals surface area contributed by atoms with Crippen LogP contribution < -0.4 is 9.47 Å². The summed E-state index contributed by atoms with van der Waals surface area (Å²) in [5.41, 5.74) is 2.77. The first kappa shape index (κ1) is 22.5. The molecule has 3 nitrogen and oxygen atoms in total. The van der Waals surface area contributed by atoms with Gasteiger partial charge in [0.15, 0.2) is 11.5 Å². The summed E-state index contributed by atoms with van der Waals surface area (Å²) < 4.78 is 12.1. The predicted molar refractivity (Wildman–Crippen MR) is 126 cm³/mol. The van der Waals surface area contributed by atoms with Crippen LogP contribution in [0.5, 0.6) is 11.5 Å². The van der Waals surface area contributed by atoms with Crippen molar-refractivity contribution in [3.05, 3.63) is 90.8 Å². The maximum Gasteiger partial charge on any atom is 0.162 e. The Kier molecular flexibility index (Phi) is 7.69. The highest BCUT2D eigenvalue weighted by molar-refractivity contribution is 9.10. The van der Waals surface area contributed by atoms with E-state index in [1.54, 1.807) is 55.7 Å². The number of nitrogens with zero attached hydrogens (tertiary/aromatic N) is 1. The van der Waals surface area contributed by atoms with Crippen LogP contribution in [0.3, 0.4) is 0 Å². The number of ether oxygens (including phenoxy) is 2. The minimum absolute atomic E-state index is 0.250. The minimum Gasteiger partial charge on any atom is -0.493 e. The molecule has 0 saturated heterocycles. The lowest BCUT2D eigenvalue weighted by Gasteiger charge is -2.14. The van der Waals surface area contributed by atoms with Gasteiger partial charge < -0.3 is 9.47 Å². The summed E-state index contributed by atoms with van der Waals surface area (Å²) in [6, 6.07) is 18.2. The van der Waals surface area contributed by atoms with E-state index < -0.39 is 0 Å². The third-order valence-corrected chi connectivity index (χ3v) is 5.75. The molecule has 30 heavy (non-hydrogen) atoms. The first-order valence-corrected chi connectivity index (χ1v) is 10.7. The highest BCUT2D eigenvalue weighted by atomic mass is 79.9. The molecule has 0 aliphatic rings. The summed E-state index contributed by atoms with van der Waals surface area (Å²) in [4.78, 5) is 0. The number of rotatable bonds is 6. The molecule has 0 atom stereocenters. The lowest BCUT2D eigenvalue weighted by Crippen LogP contribution is -1.99. The largest absolute Gasteiger partial charge is 0.493 e. The van der Waals surface area contributed by atoms with E-state index in [1.165, 1.54) is 0 Å². The zero-order valence-electron chi connectivity index (χ0n) is 15.8. The second-order valence-electron chi connectivity index (χ2n) is 6.23. The van der Waals surface area contributed by atoms with Gasteiger partial charge in [-0.3, -0.25) is 0 Å². The predicted octanol–water partition coefficient (Wildman–Crippen LogP) is 8.06. The fraction of sp³-hybridized carbons (Fsp3) is 0.0870. The van der Waals surface area contributed by atoms with Crippen LogP contribution in [-0.2, 0) is 6.61 Å². The van der Waals surface area contributed by atoms with Gasteiger partial charge >= 0.3 is 0 Å². The summed E-state index contributed by atoms with van der Waals surface area (Å²) in [6.45, 7) is 0.250. The fourth-order valence-corrected chi connectivity index (χ4v) is 3.81. The molecule has 7 heteroatoms. The van der Waals surface area contributed by atoms with Crippen molar-refractivity contribution in [2.75, 3.05) is 7.11 Å². The van der Waals surface area contributed by atoms with Gasteiger partial charge in [-0.15, -0.1) is 0 Å². The lowest BCUT2D eigenvalue weighted by molar-refractivity contribution is 0.284. The number of methoxy groups -OCH3 is 1. The standard InChI is InChI=1S/C23H15BrCl3NO2/c1-29-22-9-16(7-17(12-28)14-3-2-4-18(25)8-14)20(24)11-23(22)30-13-15-5-6-19(26)10-21(15)27/h2-11H,13H2,1H3/b17-7+. The molecular weight excluding hydrogens is 509 g/mol. The molecule has 0 spiro atoms. The Hall–Kier alpha value is -2.16. The van der Waals surface area contributed by atoms with E-state index in [0.717, 1.165) is 21.2 Å². The SMILES string of the molecule is COc1cc(/C=C(\C#N)c2cccc(Cl)c2)c(Br)cc1OCc1ccc(Cl)cc1Cl. The summed E-state index contributed by atoms with van der Waals surface area (Å²) in [5.74, 6) is 1.06. The molecule has 3 aromatic rings. The molecule has 0 N–H and O–H groups in total. The molecule has 0 aliphatic heterocycles. The van der Waals surface area contributed by atoms with Crippen LogP contribution in [0.15, 0.2) is 59.1 Å². The average Bonchev–Trinajstić information content (AvgIpc) is 2.72. The molecule has 0 radical (unpaired) electrons. The van der Waals surface area contributed by atoms with Crippen molar-refractivity contribution >= 4 is 62.4 Å². The van der Waals surface area contributed by atoms with Crippen LogP contribution in [0.4, 0.5) is 0 Å². The van der Waals surface area contributed by atoms with Gasteiger partial charge in [0, 0.05) is 25.1 Å². The number of allylic oxidation sites excluding steroid dienone is 1. The Morgan fingerprint density at radius 1 is 1.03 bits per heavy atom. The fourth-order valence-electron chi connectivity index (χ4n) is 2.72. The molecule has 3 aromatic carbocycles. The van der Waals surface area contributed by atoms with Crippen LogP contribution in [0.25, 0.3) is 11.6 Å². The van der Waals surface area contributed by atoms with Crippen molar-refractivity contribution < 1.29 is 9.47 Å². The normalized spacial score (nSPS) is 11.1. The van der Waals surface area contributed by atoms with Crippen LogP contribution in [-0.4, -0.2) is 7.11 Å².